The molecule has 0 spiro atoms. The molecule has 11 heteroatoms. The van der Waals surface area contributed by atoms with E-state index in [1.54, 1.807) is 54.9 Å². The summed E-state index contributed by atoms with van der Waals surface area (Å²) < 4.78 is 4.72. The predicted molar refractivity (Wildman–Crippen MR) is 117 cm³/mol. The summed E-state index contributed by atoms with van der Waals surface area (Å²) in [6, 6.07) is 1.55. The van der Waals surface area contributed by atoms with Crippen LogP contribution in [0.15, 0.2) is 54.8 Å². The molecular weight excluding hydrogens is 412 g/mol. The fourth-order valence-corrected chi connectivity index (χ4v) is 3.29. The van der Waals surface area contributed by atoms with Crippen molar-refractivity contribution in [2.24, 2.45) is 21.1 Å². The molecule has 1 aliphatic rings. The summed E-state index contributed by atoms with van der Waals surface area (Å²) >= 11 is 0. The van der Waals surface area contributed by atoms with Crippen molar-refractivity contribution in [2.75, 3.05) is 10.6 Å². The molecule has 0 bridgehead atoms. The van der Waals surface area contributed by atoms with E-state index in [1.165, 1.54) is 10.8 Å². The topological polar surface area (TPSA) is 128 Å². The van der Waals surface area contributed by atoms with Gasteiger partial charge in [-0.2, -0.15) is 0 Å². The van der Waals surface area contributed by atoms with Crippen LogP contribution in [0.25, 0.3) is 0 Å². The fourth-order valence-electron chi connectivity index (χ4n) is 3.29. The number of hydrogen-bond donors (Lipinski definition) is 3. The van der Waals surface area contributed by atoms with E-state index >= 15 is 0 Å². The zero-order valence-electron chi connectivity index (χ0n) is 17.8. The Morgan fingerprint density at radius 1 is 0.906 bits per heavy atom. The Balaban J connectivity index is 1.43. The highest BCUT2D eigenvalue weighted by Gasteiger charge is 2.19. The number of nitrogens with zero attached hydrogens (tertiary/aromatic N) is 5. The van der Waals surface area contributed by atoms with Gasteiger partial charge in [-0.25, -0.2) is 9.97 Å². The third kappa shape index (κ3) is 4.21. The van der Waals surface area contributed by atoms with Crippen molar-refractivity contribution in [3.8, 4) is 0 Å². The van der Waals surface area contributed by atoms with Crippen LogP contribution in [0.3, 0.4) is 0 Å². The first-order valence-corrected chi connectivity index (χ1v) is 9.78. The zero-order valence-corrected chi connectivity index (χ0v) is 17.8. The number of amides is 3. The molecule has 1 aliphatic carbocycles. The number of carbonyl (C=O) groups excluding carboxylic acids is 3. The number of nitrogens with one attached hydrogen (secondary N) is 3. The number of aromatic nitrogens is 5. The molecule has 164 valence electrons. The van der Waals surface area contributed by atoms with Crippen LogP contribution in [0.2, 0.25) is 0 Å². The molecule has 3 aromatic rings. The number of anilines is 2. The van der Waals surface area contributed by atoms with E-state index < -0.39 is 5.91 Å². The summed E-state index contributed by atoms with van der Waals surface area (Å²) in [6.45, 7) is 0. The molecule has 0 atom stereocenters. The lowest BCUT2D eigenvalue weighted by molar-refractivity contribution is 0.0949. The van der Waals surface area contributed by atoms with E-state index in [2.05, 4.69) is 25.9 Å². The van der Waals surface area contributed by atoms with Gasteiger partial charge in [-0.1, -0.05) is 12.2 Å². The third-order valence-electron chi connectivity index (χ3n) is 4.89. The highest BCUT2D eigenvalue weighted by Crippen LogP contribution is 2.16. The van der Waals surface area contributed by atoms with Crippen molar-refractivity contribution in [1.82, 2.24) is 29.0 Å². The summed E-state index contributed by atoms with van der Waals surface area (Å²) in [6.07, 6.45) is 12.7. The minimum atomic E-state index is -0.433. The fraction of sp³-hybridized carbons (Fsp3) is 0.190. The van der Waals surface area contributed by atoms with E-state index in [-0.39, 0.29) is 29.3 Å². The van der Waals surface area contributed by atoms with Gasteiger partial charge in [0.2, 0.25) is 5.82 Å². The van der Waals surface area contributed by atoms with Crippen LogP contribution < -0.4 is 16.0 Å². The van der Waals surface area contributed by atoms with Crippen LogP contribution in [-0.4, -0.2) is 41.4 Å². The number of hydrogen-bond acceptors (Lipinski definition) is 5. The molecule has 0 saturated heterocycles. The Hall–Kier alpha value is -4.41. The van der Waals surface area contributed by atoms with Crippen LogP contribution in [-0.2, 0) is 21.1 Å². The van der Waals surface area contributed by atoms with Gasteiger partial charge in [0, 0.05) is 58.0 Å². The summed E-state index contributed by atoms with van der Waals surface area (Å²) in [4.78, 5) is 45.8. The van der Waals surface area contributed by atoms with E-state index in [4.69, 9.17) is 0 Å². The molecule has 0 radical (unpaired) electrons. The minimum Gasteiger partial charge on any atom is -0.344 e. The maximum absolute atomic E-state index is 12.8. The summed E-state index contributed by atoms with van der Waals surface area (Å²) in [7, 11) is 5.08. The van der Waals surface area contributed by atoms with Gasteiger partial charge in [0.1, 0.15) is 5.69 Å². The van der Waals surface area contributed by atoms with E-state index in [0.29, 0.717) is 17.8 Å². The average molecular weight is 434 g/mol. The van der Waals surface area contributed by atoms with Crippen molar-refractivity contribution in [2.45, 2.75) is 6.42 Å². The smallest absolute Gasteiger partial charge is 0.291 e. The number of aryl methyl sites for hydroxylation is 3. The standard InChI is InChI=1S/C21H22N8O3/c1-27-9-8-22-17(27)20(31)24-14-10-15(28(2)11-14)19(30)26-16-12-29(3)18(25-16)21(32)23-13-6-4-5-7-13/h4-6,8-12H,7H2,1-3H3,(H,23,32)(H,24,31)(H,26,30). The van der Waals surface area contributed by atoms with Gasteiger partial charge in [-0.15, -0.1) is 0 Å². The van der Waals surface area contributed by atoms with E-state index in [0.717, 1.165) is 5.70 Å². The van der Waals surface area contributed by atoms with E-state index in [9.17, 15) is 14.4 Å². The SMILES string of the molecule is Cn1cc(NC(=O)c2nccn2C)cc1C(=O)Nc1cn(C)c(C(=O)NC2=CC=CC2)n1. The molecular formula is C21H22N8O3. The van der Waals surface area contributed by atoms with Crippen molar-refractivity contribution in [3.05, 3.63) is 72.1 Å². The second-order valence-corrected chi connectivity index (χ2v) is 7.33. The predicted octanol–water partition coefficient (Wildman–Crippen LogP) is 1.57. The third-order valence-corrected chi connectivity index (χ3v) is 4.89. The van der Waals surface area contributed by atoms with Crippen molar-refractivity contribution in [3.63, 3.8) is 0 Å². The molecule has 3 amide bonds. The van der Waals surface area contributed by atoms with Crippen LogP contribution in [0.4, 0.5) is 11.5 Å². The Labute approximate surface area is 183 Å². The molecule has 0 aliphatic heterocycles. The normalized spacial score (nSPS) is 12.5. The van der Waals surface area contributed by atoms with E-state index in [1.807, 2.05) is 18.2 Å². The summed E-state index contributed by atoms with van der Waals surface area (Å²) in [5, 5.41) is 8.20. The quantitative estimate of drug-likeness (QED) is 0.543. The molecule has 11 nitrogen and oxygen atoms in total. The van der Waals surface area contributed by atoms with Crippen LogP contribution in [0.1, 0.15) is 38.1 Å². The van der Waals surface area contributed by atoms with Crippen LogP contribution in [0, 0.1) is 0 Å². The molecule has 3 heterocycles. The minimum absolute atomic E-state index is 0.169. The van der Waals surface area contributed by atoms with Crippen LogP contribution >= 0.6 is 0 Å². The maximum Gasteiger partial charge on any atom is 0.291 e. The molecule has 0 fully saturated rings. The van der Waals surface area contributed by atoms with Gasteiger partial charge in [0.25, 0.3) is 17.7 Å². The second-order valence-electron chi connectivity index (χ2n) is 7.33. The monoisotopic (exact) mass is 434 g/mol. The van der Waals surface area contributed by atoms with Crippen LogP contribution in [0.5, 0.6) is 0 Å². The number of rotatable bonds is 6. The summed E-state index contributed by atoms with van der Waals surface area (Å²) in [5.41, 5.74) is 1.54. The molecule has 0 aromatic carbocycles. The molecule has 32 heavy (non-hydrogen) atoms. The number of allylic oxidation sites excluding steroid dienone is 3. The van der Waals surface area contributed by atoms with Crippen molar-refractivity contribution < 1.29 is 14.4 Å². The molecule has 4 rings (SSSR count). The Bertz CT molecular complexity index is 1270. The zero-order chi connectivity index (χ0) is 22.8. The highest BCUT2D eigenvalue weighted by molar-refractivity contribution is 6.06. The first kappa shape index (κ1) is 20.8. The van der Waals surface area contributed by atoms with Gasteiger partial charge in [0.05, 0.1) is 5.69 Å². The molecule has 3 aromatic heterocycles. The maximum atomic E-state index is 12.8. The number of imidazole rings is 2. The lowest BCUT2D eigenvalue weighted by atomic mass is 10.3. The molecule has 0 unspecified atom stereocenters. The van der Waals surface area contributed by atoms with Gasteiger partial charge < -0.3 is 29.7 Å². The molecule has 3 N–H and O–H groups in total. The lowest BCUT2D eigenvalue weighted by Gasteiger charge is -2.04. The van der Waals surface area contributed by atoms with Gasteiger partial charge >= 0.3 is 0 Å². The largest absolute Gasteiger partial charge is 0.344 e. The Kier molecular flexibility index (Phi) is 5.46. The molecule has 0 saturated carbocycles. The van der Waals surface area contributed by atoms with Crippen molar-refractivity contribution >= 4 is 29.2 Å². The van der Waals surface area contributed by atoms with Gasteiger partial charge in [-0.3, -0.25) is 14.4 Å². The van der Waals surface area contributed by atoms with Gasteiger partial charge in [0.15, 0.2) is 11.6 Å². The highest BCUT2D eigenvalue weighted by atomic mass is 16.2. The number of carbonyl (C=O) groups is 3. The Morgan fingerprint density at radius 3 is 2.38 bits per heavy atom. The lowest BCUT2D eigenvalue weighted by Crippen LogP contribution is -2.25. The first-order valence-electron chi connectivity index (χ1n) is 9.78. The Morgan fingerprint density at radius 2 is 1.69 bits per heavy atom. The average Bonchev–Trinajstić information content (AvgIpc) is 3.51. The summed E-state index contributed by atoms with van der Waals surface area (Å²) in [5.74, 6) is -0.519. The van der Waals surface area contributed by atoms with Crippen molar-refractivity contribution in [1.29, 1.82) is 0 Å². The van der Waals surface area contributed by atoms with Gasteiger partial charge in [-0.05, 0) is 12.1 Å². The second kappa shape index (κ2) is 8.38. The first-order chi connectivity index (χ1) is 15.3.